The van der Waals surface area contributed by atoms with E-state index in [1.165, 1.54) is 13.2 Å². The number of fused-ring (bicyclic) bond motifs is 2. The van der Waals surface area contributed by atoms with Crippen LogP contribution in [0.15, 0.2) is 41.6 Å². The minimum Gasteiger partial charge on any atom is -0.504 e. The predicted molar refractivity (Wildman–Crippen MR) is 137 cm³/mol. The summed E-state index contributed by atoms with van der Waals surface area (Å²) in [7, 11) is 5.07. The van der Waals surface area contributed by atoms with Crippen molar-refractivity contribution in [2.75, 3.05) is 18.6 Å². The lowest BCUT2D eigenvalue weighted by atomic mass is 9.95. The van der Waals surface area contributed by atoms with Crippen LogP contribution in [0.25, 0.3) is 6.08 Å². The van der Waals surface area contributed by atoms with Crippen molar-refractivity contribution in [1.29, 1.82) is 0 Å². The van der Waals surface area contributed by atoms with Crippen molar-refractivity contribution in [2.45, 2.75) is 45.2 Å². The van der Waals surface area contributed by atoms with Crippen molar-refractivity contribution in [3.63, 3.8) is 0 Å². The minimum atomic E-state index is -0.228. The van der Waals surface area contributed by atoms with Crippen LogP contribution in [0.3, 0.4) is 0 Å². The topological polar surface area (TPSA) is 102 Å². The second-order valence-corrected chi connectivity index (χ2v) is 10.9. The Morgan fingerprint density at radius 1 is 1.21 bits per heavy atom. The summed E-state index contributed by atoms with van der Waals surface area (Å²) in [4.78, 5) is 24.8. The van der Waals surface area contributed by atoms with E-state index in [2.05, 4.69) is 18.3 Å². The molecular weight excluding hydrogens is 456 g/mol. The van der Waals surface area contributed by atoms with Gasteiger partial charge in [-0.3, -0.25) is 9.59 Å². The molecule has 178 valence electrons. The smallest absolute Gasteiger partial charge is 0.163 e. The number of benzene rings is 1. The Morgan fingerprint density at radius 2 is 2.03 bits per heavy atom. The number of phenolic OH excluding ortho intramolecular Hbond substituents is 1. The van der Waals surface area contributed by atoms with Crippen molar-refractivity contribution >= 4 is 39.2 Å². The molecule has 2 atom stereocenters. The van der Waals surface area contributed by atoms with Gasteiger partial charge in [0.25, 0.3) is 0 Å². The molecule has 3 rings (SSSR count). The zero-order valence-corrected chi connectivity index (χ0v) is 20.8. The minimum absolute atomic E-state index is 0.0210. The number of hydrogen-bond acceptors (Lipinski definition) is 8. The van der Waals surface area contributed by atoms with E-state index in [1.807, 2.05) is 17.0 Å². The largest absolute Gasteiger partial charge is 0.504 e. The standard InChI is InChI=1S/C25H32N2O4S2/c1-3-16-4-6-21(28)12-22(29)7-5-18-11-24(31-2)23(30)10-19(18)8-17-9-20(15-33-32-14-16)25(26)27-13-17/h5,7,9-11,13,16,25,27,30H,3-4,6,8,12,14-15,26H2,1-2H3. The molecule has 0 spiro atoms. The number of nitrogens with one attached hydrogen (secondary N) is 1. The van der Waals surface area contributed by atoms with Crippen molar-refractivity contribution in [1.82, 2.24) is 5.32 Å². The van der Waals surface area contributed by atoms with Gasteiger partial charge in [0.15, 0.2) is 17.3 Å². The Hall–Kier alpha value is -2.16. The molecule has 2 heterocycles. The molecule has 1 aromatic carbocycles. The zero-order chi connectivity index (χ0) is 23.8. The number of Topliss-reactive ketones (excluding diaryl/α,β-unsaturated/α-hetero) is 1. The Kier molecular flexibility index (Phi) is 9.52. The van der Waals surface area contributed by atoms with Crippen LogP contribution in [-0.2, 0) is 16.0 Å². The van der Waals surface area contributed by atoms with E-state index >= 15 is 0 Å². The van der Waals surface area contributed by atoms with Crippen LogP contribution in [0.4, 0.5) is 0 Å². The SMILES string of the molecule is CCC1CCC(=O)CC(=O)C=Cc2cc(OC)c(O)cc2CC2=CNC(N)C(=C2)CSSC1. The number of carbonyl (C=O) groups excluding carboxylic acids is 2. The van der Waals surface area contributed by atoms with E-state index in [9.17, 15) is 14.7 Å². The summed E-state index contributed by atoms with van der Waals surface area (Å²) in [6.45, 7) is 2.14. The summed E-state index contributed by atoms with van der Waals surface area (Å²) in [6, 6.07) is 3.37. The average molecular weight is 489 g/mol. The summed E-state index contributed by atoms with van der Waals surface area (Å²) in [6.07, 6.45) is 9.64. The van der Waals surface area contributed by atoms with Crippen LogP contribution in [0, 0.1) is 5.92 Å². The predicted octanol–water partition coefficient (Wildman–Crippen LogP) is 4.38. The number of dihydropyridines is 1. The van der Waals surface area contributed by atoms with Gasteiger partial charge in [-0.15, -0.1) is 0 Å². The molecule has 2 aliphatic heterocycles. The summed E-state index contributed by atoms with van der Waals surface area (Å²) in [5.74, 6) is 2.35. The third-order valence-electron chi connectivity index (χ3n) is 5.90. The summed E-state index contributed by atoms with van der Waals surface area (Å²) in [5.41, 5.74) is 10.0. The molecule has 2 bridgehead atoms. The van der Waals surface area contributed by atoms with Crippen molar-refractivity contribution in [3.8, 4) is 11.5 Å². The first-order valence-corrected chi connectivity index (χ1v) is 13.7. The number of allylic oxidation sites excluding steroid dienone is 3. The number of phenols is 1. The number of ketones is 2. The molecule has 0 radical (unpaired) electrons. The van der Waals surface area contributed by atoms with Gasteiger partial charge in [-0.1, -0.05) is 47.1 Å². The van der Waals surface area contributed by atoms with Crippen LogP contribution in [0.1, 0.15) is 43.7 Å². The average Bonchev–Trinajstić information content (AvgIpc) is 2.79. The quantitative estimate of drug-likeness (QED) is 0.416. The van der Waals surface area contributed by atoms with Gasteiger partial charge >= 0.3 is 0 Å². The van der Waals surface area contributed by atoms with E-state index in [-0.39, 0.29) is 29.9 Å². The van der Waals surface area contributed by atoms with Crippen LogP contribution < -0.4 is 15.8 Å². The highest BCUT2D eigenvalue weighted by Gasteiger charge is 2.18. The lowest BCUT2D eigenvalue weighted by Crippen LogP contribution is -2.38. The zero-order valence-electron chi connectivity index (χ0n) is 19.1. The van der Waals surface area contributed by atoms with E-state index in [4.69, 9.17) is 10.5 Å². The Labute approximate surface area is 203 Å². The van der Waals surface area contributed by atoms with Gasteiger partial charge < -0.3 is 20.9 Å². The van der Waals surface area contributed by atoms with Crippen molar-refractivity contribution in [3.05, 3.63) is 52.8 Å². The maximum atomic E-state index is 12.4. The molecule has 4 N–H and O–H groups in total. The summed E-state index contributed by atoms with van der Waals surface area (Å²) in [5, 5.41) is 13.6. The first kappa shape index (κ1) is 25.5. The maximum absolute atomic E-state index is 12.4. The van der Waals surface area contributed by atoms with Gasteiger partial charge in [0.1, 0.15) is 5.78 Å². The molecule has 0 saturated carbocycles. The number of aromatic hydroxyl groups is 1. The molecule has 0 aromatic heterocycles. The maximum Gasteiger partial charge on any atom is 0.163 e. The number of carbonyl (C=O) groups is 2. The van der Waals surface area contributed by atoms with Crippen LogP contribution >= 0.6 is 21.6 Å². The molecule has 6 nitrogen and oxygen atoms in total. The summed E-state index contributed by atoms with van der Waals surface area (Å²) >= 11 is 0. The molecule has 33 heavy (non-hydrogen) atoms. The van der Waals surface area contributed by atoms with E-state index in [1.54, 1.807) is 29.0 Å². The molecule has 0 amide bonds. The fourth-order valence-electron chi connectivity index (χ4n) is 3.77. The monoisotopic (exact) mass is 488 g/mol. The Bertz CT molecular complexity index is 971. The first-order chi connectivity index (χ1) is 15.9. The number of rotatable bonds is 2. The highest BCUT2D eigenvalue weighted by atomic mass is 33.1. The molecule has 2 unspecified atom stereocenters. The number of ether oxygens (including phenoxy) is 1. The molecule has 0 fully saturated rings. The third-order valence-corrected chi connectivity index (χ3v) is 8.38. The van der Waals surface area contributed by atoms with Gasteiger partial charge in [-0.2, -0.15) is 0 Å². The van der Waals surface area contributed by atoms with Gasteiger partial charge in [0.05, 0.1) is 19.7 Å². The van der Waals surface area contributed by atoms with Gasteiger partial charge in [-0.05, 0) is 59.2 Å². The summed E-state index contributed by atoms with van der Waals surface area (Å²) < 4.78 is 5.25. The van der Waals surface area contributed by atoms with E-state index in [0.29, 0.717) is 24.5 Å². The number of methoxy groups -OCH3 is 1. The van der Waals surface area contributed by atoms with Crippen LogP contribution in [0.5, 0.6) is 11.5 Å². The molecule has 0 saturated heterocycles. The third kappa shape index (κ3) is 7.42. The lowest BCUT2D eigenvalue weighted by molar-refractivity contribution is -0.124. The van der Waals surface area contributed by atoms with Crippen molar-refractivity contribution in [2.24, 2.45) is 11.7 Å². The van der Waals surface area contributed by atoms with Gasteiger partial charge in [0, 0.05) is 24.1 Å². The normalized spacial score (nSPS) is 22.9. The highest BCUT2D eigenvalue weighted by molar-refractivity contribution is 8.76. The van der Waals surface area contributed by atoms with E-state index < -0.39 is 0 Å². The fraction of sp³-hybridized carbons (Fsp3) is 0.440. The second kappa shape index (κ2) is 12.3. The van der Waals surface area contributed by atoms with Crippen LogP contribution in [0.2, 0.25) is 0 Å². The first-order valence-electron chi connectivity index (χ1n) is 11.2. The number of hydrogen-bond donors (Lipinski definition) is 3. The Morgan fingerprint density at radius 3 is 2.79 bits per heavy atom. The molecule has 2 aliphatic rings. The highest BCUT2D eigenvalue weighted by Crippen LogP contribution is 2.33. The molecule has 1 aromatic rings. The number of nitrogens with two attached hydrogens (primary N) is 1. The van der Waals surface area contributed by atoms with Gasteiger partial charge in [-0.25, -0.2) is 0 Å². The molecule has 8 heteroatoms. The fourth-order valence-corrected chi connectivity index (χ4v) is 6.47. The lowest BCUT2D eigenvalue weighted by Gasteiger charge is -2.23. The Balaban J connectivity index is 1.92. The van der Waals surface area contributed by atoms with Crippen LogP contribution in [-0.4, -0.2) is 41.5 Å². The van der Waals surface area contributed by atoms with Gasteiger partial charge in [0.2, 0.25) is 0 Å². The molecule has 0 aliphatic carbocycles. The van der Waals surface area contributed by atoms with Crippen molar-refractivity contribution < 1.29 is 19.4 Å². The second-order valence-electron chi connectivity index (χ2n) is 8.36. The van der Waals surface area contributed by atoms with E-state index in [0.717, 1.165) is 46.6 Å². The molecular formula is C25H32N2O4S2.